The highest BCUT2D eigenvalue weighted by Gasteiger charge is 1.86. The summed E-state index contributed by atoms with van der Waals surface area (Å²) < 4.78 is 0. The van der Waals surface area contributed by atoms with Crippen LogP contribution >= 0.6 is 0 Å². The maximum Gasteiger partial charge on any atom is 0.115 e. The lowest BCUT2D eigenvalue weighted by molar-refractivity contribution is 0.475. The fourth-order valence-corrected chi connectivity index (χ4v) is 0.592. The molecular weight excluding hydrogens is 128 g/mol. The molecule has 3 heteroatoms. The van der Waals surface area contributed by atoms with Crippen molar-refractivity contribution in [2.75, 3.05) is 0 Å². The Bertz CT molecular complexity index is 259. The minimum atomic E-state index is 0.198. The lowest BCUT2D eigenvalue weighted by Gasteiger charge is -1.89. The van der Waals surface area contributed by atoms with E-state index >= 15 is 0 Å². The largest absolute Gasteiger partial charge is 0.508 e. The highest BCUT2D eigenvalue weighted by molar-refractivity contribution is 5.50. The van der Waals surface area contributed by atoms with Crippen LogP contribution in [0.1, 0.15) is 0 Å². The lowest BCUT2D eigenvalue weighted by atomic mass is 10.3. The molecule has 0 aliphatic heterocycles. The van der Waals surface area contributed by atoms with E-state index in [0.717, 1.165) is 0 Å². The van der Waals surface area contributed by atoms with Gasteiger partial charge >= 0.3 is 0 Å². The van der Waals surface area contributed by atoms with E-state index in [1.54, 1.807) is 12.1 Å². The molecule has 1 rings (SSSR count). The van der Waals surface area contributed by atoms with Crippen LogP contribution in [0.25, 0.3) is 0 Å². The second-order valence-electron chi connectivity index (χ2n) is 1.74. The second kappa shape index (κ2) is 2.80. The fourth-order valence-electron chi connectivity index (χ4n) is 0.592. The van der Waals surface area contributed by atoms with Crippen LogP contribution in [-0.4, -0.2) is 11.1 Å². The number of benzene rings is 1. The summed E-state index contributed by atoms with van der Waals surface area (Å²) in [4.78, 5) is 3.55. The molecule has 0 saturated heterocycles. The smallest absolute Gasteiger partial charge is 0.115 e. The first-order valence-electron chi connectivity index (χ1n) is 2.74. The van der Waals surface area contributed by atoms with Crippen LogP contribution < -0.4 is 0 Å². The van der Waals surface area contributed by atoms with E-state index < -0.39 is 0 Å². The molecule has 2 N–H and O–H groups in total. The number of hydrogen-bond donors (Lipinski definition) is 2. The van der Waals surface area contributed by atoms with E-state index in [2.05, 4.69) is 4.99 Å². The van der Waals surface area contributed by atoms with Crippen molar-refractivity contribution >= 4 is 11.7 Å². The molecule has 0 fully saturated rings. The van der Waals surface area contributed by atoms with Crippen LogP contribution in [0.4, 0.5) is 5.69 Å². The van der Waals surface area contributed by atoms with Crippen LogP contribution in [0.5, 0.6) is 5.75 Å². The number of aliphatic imine (C=N–C) groups is 1. The summed E-state index contributed by atoms with van der Waals surface area (Å²) in [5.41, 5.74) is 0.618. The first-order valence-corrected chi connectivity index (χ1v) is 2.74. The molecule has 1 aromatic carbocycles. The Morgan fingerprint density at radius 3 is 2.40 bits per heavy atom. The second-order valence-corrected chi connectivity index (χ2v) is 1.74. The molecule has 1 aromatic rings. The Labute approximate surface area is 58.2 Å². The Kier molecular flexibility index (Phi) is 1.83. The minimum Gasteiger partial charge on any atom is -0.508 e. The molecule has 0 unspecified atom stereocenters. The number of aromatic hydroxyl groups is 1. The zero-order valence-corrected chi connectivity index (χ0v) is 5.20. The Balaban J connectivity index is 3.00. The topological polar surface area (TPSA) is 56.4 Å². The van der Waals surface area contributed by atoms with Crippen molar-refractivity contribution in [1.29, 1.82) is 5.41 Å². The molecule has 0 radical (unpaired) electrons. The molecule has 0 atom stereocenters. The number of phenols is 1. The monoisotopic (exact) mass is 134 g/mol. The van der Waals surface area contributed by atoms with Gasteiger partial charge < -0.3 is 5.11 Å². The third kappa shape index (κ3) is 1.44. The summed E-state index contributed by atoms with van der Waals surface area (Å²) in [5.74, 6) is 0.198. The summed E-state index contributed by atoms with van der Waals surface area (Å²) in [6.45, 7) is 0. The number of rotatable bonds is 1. The molecule has 0 saturated carbocycles. The summed E-state index contributed by atoms with van der Waals surface area (Å²) in [6.07, 6.45) is 0. The van der Waals surface area contributed by atoms with Crippen molar-refractivity contribution in [3.8, 4) is 5.75 Å². The normalized spacial score (nSPS) is 8.40. The van der Waals surface area contributed by atoms with Crippen molar-refractivity contribution in [1.82, 2.24) is 0 Å². The van der Waals surface area contributed by atoms with Crippen LogP contribution in [0.2, 0.25) is 0 Å². The van der Waals surface area contributed by atoms with Gasteiger partial charge in [-0.1, -0.05) is 0 Å². The average Bonchev–Trinajstić information content (AvgIpc) is 1.95. The van der Waals surface area contributed by atoms with E-state index in [1.165, 1.54) is 12.1 Å². The van der Waals surface area contributed by atoms with Gasteiger partial charge in [0.05, 0.1) is 11.7 Å². The van der Waals surface area contributed by atoms with Crippen LogP contribution in [0, 0.1) is 5.41 Å². The Morgan fingerprint density at radius 2 is 1.90 bits per heavy atom. The maximum absolute atomic E-state index is 8.82. The predicted octanol–water partition coefficient (Wildman–Crippen LogP) is 1.78. The summed E-state index contributed by atoms with van der Waals surface area (Å²) >= 11 is 0. The van der Waals surface area contributed by atoms with E-state index in [1.807, 2.05) is 6.01 Å². The molecule has 50 valence electrons. The minimum absolute atomic E-state index is 0.198. The quantitative estimate of drug-likeness (QED) is 0.565. The van der Waals surface area contributed by atoms with Gasteiger partial charge in [0.25, 0.3) is 0 Å². The Hall–Kier alpha value is -1.60. The fraction of sp³-hybridized carbons (Fsp3) is 0. The molecule has 0 heterocycles. The molecule has 0 aromatic heterocycles. The van der Waals surface area contributed by atoms with Crippen molar-refractivity contribution in [2.24, 2.45) is 4.99 Å². The number of hydrogen-bond acceptors (Lipinski definition) is 3. The van der Waals surface area contributed by atoms with Gasteiger partial charge in [-0.2, -0.15) is 4.99 Å². The molecule has 0 aliphatic carbocycles. The van der Waals surface area contributed by atoms with E-state index in [4.69, 9.17) is 10.5 Å². The van der Waals surface area contributed by atoms with Gasteiger partial charge in [0, 0.05) is 0 Å². The van der Waals surface area contributed by atoms with Crippen LogP contribution in [0.15, 0.2) is 29.3 Å². The van der Waals surface area contributed by atoms with Crippen molar-refractivity contribution in [3.05, 3.63) is 24.3 Å². The van der Waals surface area contributed by atoms with Gasteiger partial charge in [-0.3, -0.25) is 0 Å². The van der Waals surface area contributed by atoms with E-state index in [-0.39, 0.29) is 5.75 Å². The van der Waals surface area contributed by atoms with Crippen molar-refractivity contribution in [2.45, 2.75) is 0 Å². The first-order chi connectivity index (χ1) is 4.83. The maximum atomic E-state index is 8.82. The number of nitrogens with one attached hydrogen (secondary N) is 1. The van der Waals surface area contributed by atoms with Gasteiger partial charge in [0.15, 0.2) is 0 Å². The van der Waals surface area contributed by atoms with Gasteiger partial charge in [0.1, 0.15) is 5.75 Å². The van der Waals surface area contributed by atoms with E-state index in [0.29, 0.717) is 5.69 Å². The standard InChI is InChI=1S/C7H6N2O/c8-5-9-6-1-3-7(10)4-2-6/h1-4,8,10H. The van der Waals surface area contributed by atoms with Gasteiger partial charge in [-0.05, 0) is 24.3 Å². The Morgan fingerprint density at radius 1 is 1.30 bits per heavy atom. The highest BCUT2D eigenvalue weighted by atomic mass is 16.3. The molecule has 3 nitrogen and oxygen atoms in total. The van der Waals surface area contributed by atoms with Crippen molar-refractivity contribution in [3.63, 3.8) is 0 Å². The summed E-state index contributed by atoms with van der Waals surface area (Å²) in [5, 5.41) is 15.3. The zero-order chi connectivity index (χ0) is 7.40. The zero-order valence-electron chi connectivity index (χ0n) is 5.20. The third-order valence-corrected chi connectivity index (χ3v) is 1.03. The number of nitrogens with zero attached hydrogens (tertiary/aromatic N) is 1. The van der Waals surface area contributed by atoms with Crippen molar-refractivity contribution < 1.29 is 5.11 Å². The molecule has 0 aliphatic rings. The SMILES string of the molecule is N=C=Nc1ccc(O)cc1. The van der Waals surface area contributed by atoms with Crippen LogP contribution in [0.3, 0.4) is 0 Å². The molecule has 0 bridgehead atoms. The van der Waals surface area contributed by atoms with Gasteiger partial charge in [0.2, 0.25) is 0 Å². The molecule has 0 amide bonds. The van der Waals surface area contributed by atoms with Gasteiger partial charge in [-0.15, -0.1) is 0 Å². The first kappa shape index (κ1) is 6.52. The highest BCUT2D eigenvalue weighted by Crippen LogP contribution is 2.15. The summed E-state index contributed by atoms with van der Waals surface area (Å²) in [7, 11) is 0. The molecule has 10 heavy (non-hydrogen) atoms. The van der Waals surface area contributed by atoms with Gasteiger partial charge in [-0.25, -0.2) is 5.41 Å². The predicted molar refractivity (Wildman–Crippen MR) is 37.9 cm³/mol. The molecular formula is C7H6N2O. The number of phenolic OH excluding ortho intramolecular Hbond substituents is 1. The van der Waals surface area contributed by atoms with E-state index in [9.17, 15) is 0 Å². The van der Waals surface area contributed by atoms with Crippen LogP contribution in [-0.2, 0) is 0 Å². The lowest BCUT2D eigenvalue weighted by Crippen LogP contribution is -1.62. The third-order valence-electron chi connectivity index (χ3n) is 1.03. The molecule has 0 spiro atoms. The summed E-state index contributed by atoms with van der Waals surface area (Å²) in [6, 6.07) is 8.13. The average molecular weight is 134 g/mol.